The molecule has 58 heavy (non-hydrogen) atoms. The van der Waals surface area contributed by atoms with Crippen LogP contribution in [-0.2, 0) is 42.7 Å². The van der Waals surface area contributed by atoms with Gasteiger partial charge in [0.15, 0.2) is 0 Å². The Bertz CT molecular complexity index is 1600. The maximum atomic E-state index is 12.8. The number of rotatable bonds is 30. The molecule has 0 saturated heterocycles. The SMILES string of the molecule is CCCOCCOCCOCCOCCOCCOCCOCCOCCNC(=O)c1ccc(-c2ccc3c(c2)[C@H](Nc2ccc(Cl)cc2)C[C@H](C)N3C(C)=O)cc1. The number of fused-ring (bicyclic) bond motifs is 1. The van der Waals surface area contributed by atoms with E-state index in [1.54, 1.807) is 6.92 Å². The predicted molar refractivity (Wildman–Crippen MR) is 226 cm³/mol. The molecule has 3 aromatic rings. The number of hydrogen-bond donors (Lipinski definition) is 2. The third-order valence-corrected chi connectivity index (χ3v) is 9.42. The number of ether oxygens (including phenoxy) is 8. The number of halogens is 1. The second-order valence-electron chi connectivity index (χ2n) is 13.7. The molecular weight excluding hydrogens is 766 g/mol. The fraction of sp³-hybridized carbons (Fsp3) is 0.545. The normalized spacial score (nSPS) is 15.0. The molecule has 2 amide bonds. The highest BCUT2D eigenvalue weighted by Crippen LogP contribution is 2.41. The van der Waals surface area contributed by atoms with Crippen molar-refractivity contribution in [1.82, 2.24) is 5.32 Å². The van der Waals surface area contributed by atoms with E-state index in [2.05, 4.69) is 30.5 Å². The van der Waals surface area contributed by atoms with Gasteiger partial charge in [0.1, 0.15) is 0 Å². The van der Waals surface area contributed by atoms with Gasteiger partial charge in [-0.1, -0.05) is 36.7 Å². The van der Waals surface area contributed by atoms with E-state index in [1.165, 1.54) is 0 Å². The summed E-state index contributed by atoms with van der Waals surface area (Å²) in [5.74, 6) is -0.158. The zero-order valence-corrected chi connectivity index (χ0v) is 35.1. The first-order valence-corrected chi connectivity index (χ1v) is 20.7. The number of hydrogen-bond acceptors (Lipinski definition) is 11. The molecule has 0 bridgehead atoms. The average Bonchev–Trinajstić information content (AvgIpc) is 3.22. The van der Waals surface area contributed by atoms with Gasteiger partial charge in [-0.2, -0.15) is 0 Å². The molecule has 14 heteroatoms. The second-order valence-corrected chi connectivity index (χ2v) is 14.1. The third kappa shape index (κ3) is 17.3. The Morgan fingerprint density at radius 2 is 1.10 bits per heavy atom. The number of carbonyl (C=O) groups excluding carboxylic acids is 2. The largest absolute Gasteiger partial charge is 0.379 e. The van der Waals surface area contributed by atoms with Crippen LogP contribution in [0.5, 0.6) is 0 Å². The minimum absolute atomic E-state index is 0.00176. The number of amides is 2. The van der Waals surface area contributed by atoms with Crippen LogP contribution in [0, 0.1) is 0 Å². The first-order valence-electron chi connectivity index (χ1n) is 20.3. The Labute approximate surface area is 348 Å². The second kappa shape index (κ2) is 27.9. The van der Waals surface area contributed by atoms with Crippen molar-refractivity contribution in [2.45, 2.75) is 45.7 Å². The van der Waals surface area contributed by atoms with Crippen LogP contribution in [-0.4, -0.2) is 130 Å². The van der Waals surface area contributed by atoms with Crippen LogP contribution in [0.25, 0.3) is 11.1 Å². The number of nitrogens with zero attached hydrogens (tertiary/aromatic N) is 1. The maximum Gasteiger partial charge on any atom is 0.251 e. The highest BCUT2D eigenvalue weighted by molar-refractivity contribution is 6.30. The lowest BCUT2D eigenvalue weighted by atomic mass is 9.88. The van der Waals surface area contributed by atoms with Crippen molar-refractivity contribution in [2.24, 2.45) is 0 Å². The zero-order valence-electron chi connectivity index (χ0n) is 34.3. The summed E-state index contributed by atoms with van der Waals surface area (Å²) in [6.45, 7) is 14.3. The van der Waals surface area contributed by atoms with Crippen molar-refractivity contribution >= 4 is 34.8 Å². The van der Waals surface area contributed by atoms with Crippen molar-refractivity contribution in [2.75, 3.05) is 122 Å². The standard InChI is InChI=1S/C44H62ClN3O10/c1-4-16-51-18-20-53-22-24-55-26-28-57-30-31-58-29-27-56-25-23-54-21-19-52-17-15-46-44(50)37-7-5-36(6-8-37)38-9-14-43-41(33-38)42(32-34(2)48(43)35(3)49)47-40-12-10-39(45)11-13-40/h5-14,33-34,42,47H,4,15-32H2,1-3H3,(H,46,50)/t34-,42+/m0/s1. The topological polar surface area (TPSA) is 135 Å². The molecular formula is C44H62ClN3O10. The quantitative estimate of drug-likeness (QED) is 0.0707. The molecule has 13 nitrogen and oxygen atoms in total. The van der Waals surface area contributed by atoms with Crippen LogP contribution < -0.4 is 15.5 Å². The molecule has 1 aliphatic rings. The summed E-state index contributed by atoms with van der Waals surface area (Å²) in [5.41, 5.74) is 5.44. The minimum atomic E-state index is -0.171. The van der Waals surface area contributed by atoms with Gasteiger partial charge in [0.25, 0.3) is 5.91 Å². The van der Waals surface area contributed by atoms with E-state index in [0.29, 0.717) is 116 Å². The van der Waals surface area contributed by atoms with E-state index in [0.717, 1.165) is 47.5 Å². The van der Waals surface area contributed by atoms with Crippen LogP contribution in [0.4, 0.5) is 11.4 Å². The maximum absolute atomic E-state index is 12.8. The molecule has 0 aromatic heterocycles. The Hall–Kier alpha value is -3.63. The van der Waals surface area contributed by atoms with Crippen molar-refractivity contribution in [3.05, 3.63) is 82.9 Å². The fourth-order valence-corrected chi connectivity index (χ4v) is 6.47. The molecule has 4 rings (SSSR count). The average molecular weight is 828 g/mol. The Balaban J connectivity index is 1.01. The molecule has 2 N–H and O–H groups in total. The predicted octanol–water partition coefficient (Wildman–Crippen LogP) is 6.58. The Morgan fingerprint density at radius 3 is 1.59 bits per heavy atom. The Kier molecular flexibility index (Phi) is 22.7. The van der Waals surface area contributed by atoms with Crippen LogP contribution >= 0.6 is 11.6 Å². The van der Waals surface area contributed by atoms with Gasteiger partial charge in [0, 0.05) is 48.1 Å². The van der Waals surface area contributed by atoms with Gasteiger partial charge in [-0.05, 0) is 85.0 Å². The van der Waals surface area contributed by atoms with Crippen LogP contribution in [0.1, 0.15) is 55.6 Å². The smallest absolute Gasteiger partial charge is 0.251 e. The van der Waals surface area contributed by atoms with Crippen molar-refractivity contribution < 1.29 is 47.5 Å². The molecule has 0 spiro atoms. The lowest BCUT2D eigenvalue weighted by Crippen LogP contribution is -2.43. The number of nitrogens with one attached hydrogen (secondary N) is 2. The van der Waals surface area contributed by atoms with Crippen molar-refractivity contribution in [3.8, 4) is 11.1 Å². The summed E-state index contributed by atoms with van der Waals surface area (Å²) in [5, 5.41) is 7.22. The molecule has 0 saturated carbocycles. The molecule has 320 valence electrons. The van der Waals surface area contributed by atoms with E-state index in [9.17, 15) is 9.59 Å². The summed E-state index contributed by atoms with van der Waals surface area (Å²) in [7, 11) is 0. The van der Waals surface area contributed by atoms with E-state index in [1.807, 2.05) is 65.6 Å². The number of carbonyl (C=O) groups is 2. The molecule has 1 aliphatic heterocycles. The highest BCUT2D eigenvalue weighted by atomic mass is 35.5. The summed E-state index contributed by atoms with van der Waals surface area (Å²) in [6, 6.07) is 21.4. The molecule has 3 aromatic carbocycles. The van der Waals surface area contributed by atoms with Gasteiger partial charge in [-0.25, -0.2) is 0 Å². The monoisotopic (exact) mass is 827 g/mol. The van der Waals surface area contributed by atoms with Gasteiger partial charge < -0.3 is 53.4 Å². The lowest BCUT2D eigenvalue weighted by Gasteiger charge is -2.39. The fourth-order valence-electron chi connectivity index (χ4n) is 6.35. The summed E-state index contributed by atoms with van der Waals surface area (Å²) in [6.07, 6.45) is 1.77. The van der Waals surface area contributed by atoms with Gasteiger partial charge >= 0.3 is 0 Å². The van der Waals surface area contributed by atoms with Gasteiger partial charge in [0.2, 0.25) is 5.91 Å². The first kappa shape index (κ1) is 47.1. The number of benzene rings is 3. The van der Waals surface area contributed by atoms with Crippen molar-refractivity contribution in [1.29, 1.82) is 0 Å². The summed E-state index contributed by atoms with van der Waals surface area (Å²) in [4.78, 5) is 27.3. The number of anilines is 2. The minimum Gasteiger partial charge on any atom is -0.379 e. The van der Waals surface area contributed by atoms with Gasteiger partial charge in [-0.15, -0.1) is 0 Å². The van der Waals surface area contributed by atoms with Crippen LogP contribution in [0.3, 0.4) is 0 Å². The van der Waals surface area contributed by atoms with Crippen LogP contribution in [0.2, 0.25) is 5.02 Å². The van der Waals surface area contributed by atoms with Crippen LogP contribution in [0.15, 0.2) is 66.7 Å². The molecule has 0 unspecified atom stereocenters. The zero-order chi connectivity index (χ0) is 41.2. The van der Waals surface area contributed by atoms with Gasteiger partial charge in [0.05, 0.1) is 105 Å². The summed E-state index contributed by atoms with van der Waals surface area (Å²) >= 11 is 6.11. The third-order valence-electron chi connectivity index (χ3n) is 9.17. The first-order chi connectivity index (χ1) is 28.4. The molecule has 0 aliphatic carbocycles. The molecule has 2 atom stereocenters. The van der Waals surface area contributed by atoms with E-state index in [-0.39, 0.29) is 23.9 Å². The highest BCUT2D eigenvalue weighted by Gasteiger charge is 2.32. The van der Waals surface area contributed by atoms with Gasteiger partial charge in [-0.3, -0.25) is 9.59 Å². The van der Waals surface area contributed by atoms with Crippen molar-refractivity contribution in [3.63, 3.8) is 0 Å². The molecule has 1 heterocycles. The molecule has 0 radical (unpaired) electrons. The van der Waals surface area contributed by atoms with E-state index < -0.39 is 0 Å². The van der Waals surface area contributed by atoms with E-state index in [4.69, 9.17) is 49.5 Å². The summed E-state index contributed by atoms with van der Waals surface area (Å²) < 4.78 is 43.9. The molecule has 0 fully saturated rings. The Morgan fingerprint density at radius 1 is 0.638 bits per heavy atom. The van der Waals surface area contributed by atoms with E-state index >= 15 is 0 Å². The lowest BCUT2D eigenvalue weighted by molar-refractivity contribution is -0.117.